The van der Waals surface area contributed by atoms with Gasteiger partial charge in [0.05, 0.1) is 5.52 Å². The highest BCUT2D eigenvalue weighted by molar-refractivity contribution is 5.80. The van der Waals surface area contributed by atoms with Crippen LogP contribution in [0.15, 0.2) is 40.9 Å². The second kappa shape index (κ2) is 8.43. The molecule has 2 aromatic heterocycles. The van der Waals surface area contributed by atoms with Crippen LogP contribution in [-0.4, -0.2) is 45.7 Å². The molecule has 7 heteroatoms. The molecule has 1 saturated heterocycles. The first kappa shape index (κ1) is 20.6. The van der Waals surface area contributed by atoms with Crippen LogP contribution in [0.3, 0.4) is 0 Å². The number of rotatable bonds is 4. The number of hydrogen-bond acceptors (Lipinski definition) is 5. The van der Waals surface area contributed by atoms with E-state index in [2.05, 4.69) is 20.4 Å². The number of aromatic nitrogens is 3. The van der Waals surface area contributed by atoms with Crippen LogP contribution < -0.4 is 5.32 Å². The number of pyridine rings is 1. The summed E-state index contributed by atoms with van der Waals surface area (Å²) in [5.74, 6) is 2.05. The predicted octanol–water partition coefficient (Wildman–Crippen LogP) is 5.14. The van der Waals surface area contributed by atoms with Crippen LogP contribution in [-0.2, 0) is 0 Å². The van der Waals surface area contributed by atoms with Gasteiger partial charge in [-0.05, 0) is 55.6 Å². The van der Waals surface area contributed by atoms with Crippen molar-refractivity contribution in [3.05, 3.63) is 42.3 Å². The monoisotopic (exact) mass is 445 g/mol. The number of amides is 2. The van der Waals surface area contributed by atoms with Gasteiger partial charge in [0.2, 0.25) is 11.7 Å². The number of nitrogens with zero attached hydrogens (tertiary/aromatic N) is 4. The molecule has 6 rings (SSSR count). The van der Waals surface area contributed by atoms with Gasteiger partial charge in [-0.25, -0.2) is 9.78 Å². The normalized spacial score (nSPS) is 22.5. The minimum Gasteiger partial charge on any atom is -0.339 e. The second-order valence-electron chi connectivity index (χ2n) is 10.1. The summed E-state index contributed by atoms with van der Waals surface area (Å²) < 4.78 is 5.60. The molecule has 1 aliphatic heterocycles. The molecule has 33 heavy (non-hydrogen) atoms. The number of carbonyl (C=O) groups is 1. The number of hydrogen-bond donors (Lipinski definition) is 1. The van der Waals surface area contributed by atoms with Gasteiger partial charge in [-0.1, -0.05) is 48.7 Å². The molecule has 2 aliphatic carbocycles. The molecular weight excluding hydrogens is 414 g/mol. The zero-order valence-corrected chi connectivity index (χ0v) is 19.0. The third kappa shape index (κ3) is 4.09. The molecule has 0 radical (unpaired) electrons. The molecule has 3 fully saturated rings. The summed E-state index contributed by atoms with van der Waals surface area (Å²) in [5.41, 5.74) is 2.20. The molecule has 2 saturated carbocycles. The molecule has 1 spiro atoms. The Morgan fingerprint density at radius 1 is 1.06 bits per heavy atom. The Bertz CT molecular complexity index is 1140. The molecule has 3 aromatic rings. The van der Waals surface area contributed by atoms with Gasteiger partial charge in [0.1, 0.15) is 5.69 Å². The third-order valence-electron chi connectivity index (χ3n) is 8.11. The number of nitrogens with one attached hydrogen (secondary N) is 1. The van der Waals surface area contributed by atoms with Crippen molar-refractivity contribution in [3.63, 3.8) is 0 Å². The summed E-state index contributed by atoms with van der Waals surface area (Å²) in [6, 6.07) is 12.0. The Labute approximate surface area is 194 Å². The minimum absolute atomic E-state index is 0.0814. The molecule has 0 bridgehead atoms. The van der Waals surface area contributed by atoms with Crippen LogP contribution in [0.5, 0.6) is 0 Å². The summed E-state index contributed by atoms with van der Waals surface area (Å²) in [7, 11) is 0. The molecule has 1 aromatic carbocycles. The fraction of sp³-hybridized carbons (Fsp3) is 0.538. The van der Waals surface area contributed by atoms with Crippen molar-refractivity contribution in [1.29, 1.82) is 0 Å². The van der Waals surface area contributed by atoms with Crippen molar-refractivity contribution in [2.75, 3.05) is 19.6 Å². The largest absolute Gasteiger partial charge is 0.339 e. The van der Waals surface area contributed by atoms with Crippen molar-refractivity contribution in [1.82, 2.24) is 25.3 Å². The second-order valence-corrected chi connectivity index (χ2v) is 10.1. The van der Waals surface area contributed by atoms with Gasteiger partial charge in [-0.15, -0.1) is 0 Å². The zero-order chi connectivity index (χ0) is 22.3. The van der Waals surface area contributed by atoms with Gasteiger partial charge in [0.25, 0.3) is 0 Å². The average molecular weight is 446 g/mol. The van der Waals surface area contributed by atoms with Crippen molar-refractivity contribution in [3.8, 4) is 11.5 Å². The van der Waals surface area contributed by atoms with E-state index in [9.17, 15) is 4.79 Å². The van der Waals surface area contributed by atoms with Gasteiger partial charge in [0.15, 0.2) is 0 Å². The van der Waals surface area contributed by atoms with E-state index in [1.807, 2.05) is 41.3 Å². The lowest BCUT2D eigenvalue weighted by Gasteiger charge is -2.30. The summed E-state index contributed by atoms with van der Waals surface area (Å²) in [4.78, 5) is 23.9. The maximum atomic E-state index is 12.7. The van der Waals surface area contributed by atoms with E-state index >= 15 is 0 Å². The van der Waals surface area contributed by atoms with Crippen LogP contribution in [0.25, 0.3) is 22.4 Å². The Morgan fingerprint density at radius 3 is 2.73 bits per heavy atom. The lowest BCUT2D eigenvalue weighted by Crippen LogP contribution is -2.45. The fourth-order valence-electron chi connectivity index (χ4n) is 5.94. The first-order chi connectivity index (χ1) is 16.2. The van der Waals surface area contributed by atoms with E-state index < -0.39 is 0 Å². The van der Waals surface area contributed by atoms with Crippen LogP contribution in [0.1, 0.15) is 63.2 Å². The smallest absolute Gasteiger partial charge is 0.317 e. The Morgan fingerprint density at radius 2 is 1.88 bits per heavy atom. The van der Waals surface area contributed by atoms with E-state index in [4.69, 9.17) is 4.52 Å². The first-order valence-electron chi connectivity index (χ1n) is 12.4. The van der Waals surface area contributed by atoms with Gasteiger partial charge in [0, 0.05) is 30.9 Å². The number of para-hydroxylation sites is 1. The van der Waals surface area contributed by atoms with E-state index in [1.165, 1.54) is 38.5 Å². The molecule has 1 unspecified atom stereocenters. The molecule has 3 aliphatic rings. The van der Waals surface area contributed by atoms with Crippen molar-refractivity contribution >= 4 is 16.9 Å². The topological polar surface area (TPSA) is 84.2 Å². The number of piperidine rings is 1. The van der Waals surface area contributed by atoms with E-state index in [0.717, 1.165) is 49.1 Å². The number of urea groups is 1. The van der Waals surface area contributed by atoms with E-state index in [-0.39, 0.29) is 11.9 Å². The maximum Gasteiger partial charge on any atom is 0.317 e. The number of likely N-dealkylation sites (tertiary alicyclic amines) is 1. The van der Waals surface area contributed by atoms with Crippen molar-refractivity contribution in [2.45, 2.75) is 57.3 Å². The summed E-state index contributed by atoms with van der Waals surface area (Å²) in [6.07, 6.45) is 9.83. The summed E-state index contributed by atoms with van der Waals surface area (Å²) in [6.45, 7) is 2.28. The fourth-order valence-corrected chi connectivity index (χ4v) is 5.94. The van der Waals surface area contributed by atoms with E-state index in [0.29, 0.717) is 23.0 Å². The van der Waals surface area contributed by atoms with Gasteiger partial charge in [-0.3, -0.25) is 0 Å². The first-order valence-corrected chi connectivity index (χ1v) is 12.4. The van der Waals surface area contributed by atoms with Crippen LogP contribution in [0.4, 0.5) is 4.79 Å². The SMILES string of the molecule is O=C(NCC1CC12CCCCC2)N1CCC(c2nc(-c3ccc4ccccc4n3)no2)CC1. The zero-order valence-electron chi connectivity index (χ0n) is 19.0. The molecule has 2 amide bonds. The van der Waals surface area contributed by atoms with Gasteiger partial charge < -0.3 is 14.7 Å². The highest BCUT2D eigenvalue weighted by Crippen LogP contribution is 2.61. The highest BCUT2D eigenvalue weighted by Gasteiger charge is 2.53. The highest BCUT2D eigenvalue weighted by atomic mass is 16.5. The number of fused-ring (bicyclic) bond motifs is 1. The number of benzene rings is 1. The molecule has 172 valence electrons. The maximum absolute atomic E-state index is 12.7. The van der Waals surface area contributed by atoms with E-state index in [1.54, 1.807) is 0 Å². The summed E-state index contributed by atoms with van der Waals surface area (Å²) >= 11 is 0. The molecule has 7 nitrogen and oxygen atoms in total. The van der Waals surface area contributed by atoms with Crippen molar-refractivity contribution in [2.24, 2.45) is 11.3 Å². The van der Waals surface area contributed by atoms with Gasteiger partial charge in [-0.2, -0.15) is 4.98 Å². The van der Waals surface area contributed by atoms with Crippen LogP contribution in [0.2, 0.25) is 0 Å². The predicted molar refractivity (Wildman–Crippen MR) is 126 cm³/mol. The standard InChI is InChI=1S/C26H31N5O2/c32-25(27-17-20-16-26(20)12-4-1-5-13-26)31-14-10-19(11-15-31)24-29-23(30-33-24)22-9-8-18-6-2-3-7-21(18)28-22/h2-3,6-9,19-20H,1,4-5,10-17H2,(H,27,32). The Balaban J connectivity index is 1.02. The van der Waals surface area contributed by atoms with Crippen LogP contribution in [0, 0.1) is 11.3 Å². The van der Waals surface area contributed by atoms with Gasteiger partial charge >= 0.3 is 6.03 Å². The Kier molecular flexibility index (Phi) is 5.27. The quantitative estimate of drug-likeness (QED) is 0.601. The molecule has 3 heterocycles. The third-order valence-corrected chi connectivity index (χ3v) is 8.11. The summed E-state index contributed by atoms with van der Waals surface area (Å²) in [5, 5.41) is 8.48. The average Bonchev–Trinajstić information content (AvgIpc) is 3.28. The minimum atomic E-state index is 0.0814. The lowest BCUT2D eigenvalue weighted by atomic mass is 9.84. The number of carbonyl (C=O) groups excluding carboxylic acids is 1. The van der Waals surface area contributed by atoms with Crippen molar-refractivity contribution < 1.29 is 9.32 Å². The van der Waals surface area contributed by atoms with Crippen LogP contribution >= 0.6 is 0 Å². The molecule has 1 N–H and O–H groups in total. The Hall–Kier alpha value is -2.96. The molecular formula is C26H31N5O2. The molecule has 1 atom stereocenters. The lowest BCUT2D eigenvalue weighted by molar-refractivity contribution is 0.174.